The van der Waals surface area contributed by atoms with Gasteiger partial charge in [0.25, 0.3) is 5.91 Å². The highest BCUT2D eigenvalue weighted by Crippen LogP contribution is 2.42. The van der Waals surface area contributed by atoms with Crippen molar-refractivity contribution in [2.75, 3.05) is 20.8 Å². The van der Waals surface area contributed by atoms with Gasteiger partial charge in [0.05, 0.1) is 13.8 Å². The number of amides is 3. The highest BCUT2D eigenvalue weighted by molar-refractivity contribution is 6.30. The summed E-state index contributed by atoms with van der Waals surface area (Å²) in [5.74, 6) is 0.850. The van der Waals surface area contributed by atoms with Gasteiger partial charge < -0.3 is 10.1 Å². The summed E-state index contributed by atoms with van der Waals surface area (Å²) in [7, 11) is 3.46. The molecule has 0 unspecified atom stereocenters. The number of methoxy groups -OCH3 is 1. The molecule has 1 aromatic rings. The van der Waals surface area contributed by atoms with Crippen LogP contribution in [0.1, 0.15) is 25.3 Å². The Morgan fingerprint density at radius 2 is 2.12 bits per heavy atom. The van der Waals surface area contributed by atoms with Crippen LogP contribution >= 0.6 is 11.6 Å². The molecule has 1 atom stereocenters. The first-order valence-electron chi connectivity index (χ1n) is 8.00. The lowest BCUT2D eigenvalue weighted by atomic mass is 9.96. The predicted molar refractivity (Wildman–Crippen MR) is 90.8 cm³/mol. The minimum Gasteiger partial charge on any atom is -0.496 e. The van der Waals surface area contributed by atoms with Crippen LogP contribution in [0.5, 0.6) is 5.75 Å². The first-order chi connectivity index (χ1) is 11.3. The summed E-state index contributed by atoms with van der Waals surface area (Å²) in [6.07, 6.45) is 1.98. The number of hydrogen-bond donors (Lipinski definition) is 1. The third-order valence-electron chi connectivity index (χ3n) is 4.76. The van der Waals surface area contributed by atoms with Gasteiger partial charge in [0.2, 0.25) is 0 Å². The zero-order valence-electron chi connectivity index (χ0n) is 14.1. The fourth-order valence-corrected chi connectivity index (χ4v) is 3.43. The van der Waals surface area contributed by atoms with Crippen LogP contribution in [-0.4, -0.2) is 48.1 Å². The number of hydrogen-bond acceptors (Lipinski definition) is 4. The zero-order valence-corrected chi connectivity index (χ0v) is 14.9. The molecular formula is C17H22ClN3O3. The zero-order chi connectivity index (χ0) is 17.5. The van der Waals surface area contributed by atoms with Gasteiger partial charge in [-0.2, -0.15) is 0 Å². The van der Waals surface area contributed by atoms with Crippen LogP contribution in [0, 0.1) is 5.92 Å². The van der Waals surface area contributed by atoms with E-state index in [9.17, 15) is 9.59 Å². The average Bonchev–Trinajstić information content (AvgIpc) is 3.34. The summed E-state index contributed by atoms with van der Waals surface area (Å²) in [6, 6.07) is 5.09. The fourth-order valence-electron chi connectivity index (χ4n) is 3.23. The number of ether oxygens (including phenoxy) is 1. The van der Waals surface area contributed by atoms with Crippen molar-refractivity contribution in [2.45, 2.75) is 31.8 Å². The van der Waals surface area contributed by atoms with Gasteiger partial charge in [0.15, 0.2) is 0 Å². The van der Waals surface area contributed by atoms with Crippen LogP contribution in [0.2, 0.25) is 5.02 Å². The maximum atomic E-state index is 12.7. The number of carbonyl (C=O) groups excluding carboxylic acids is 2. The number of benzene rings is 1. The molecule has 3 rings (SSSR count). The van der Waals surface area contributed by atoms with E-state index >= 15 is 0 Å². The first-order valence-corrected chi connectivity index (χ1v) is 8.38. The third-order valence-corrected chi connectivity index (χ3v) is 5.00. The highest BCUT2D eigenvalue weighted by atomic mass is 35.5. The fraction of sp³-hybridized carbons (Fsp3) is 0.529. The van der Waals surface area contributed by atoms with Crippen LogP contribution in [0.3, 0.4) is 0 Å². The molecule has 0 aromatic heterocycles. The summed E-state index contributed by atoms with van der Waals surface area (Å²) in [5.41, 5.74) is 0.163. The van der Waals surface area contributed by atoms with Gasteiger partial charge in [0, 0.05) is 17.1 Å². The Morgan fingerprint density at radius 1 is 1.42 bits per heavy atom. The van der Waals surface area contributed by atoms with E-state index in [-0.39, 0.29) is 24.5 Å². The number of nitrogens with zero attached hydrogens (tertiary/aromatic N) is 2. The smallest absolute Gasteiger partial charge is 0.326 e. The second kappa shape index (κ2) is 6.26. The predicted octanol–water partition coefficient (Wildman–Crippen LogP) is 2.46. The lowest BCUT2D eigenvalue weighted by Gasteiger charge is -2.25. The summed E-state index contributed by atoms with van der Waals surface area (Å²) >= 11 is 6.05. The molecule has 3 amide bonds. The number of rotatable bonds is 6. The van der Waals surface area contributed by atoms with Gasteiger partial charge in [-0.25, -0.2) is 9.69 Å². The second-order valence-corrected chi connectivity index (χ2v) is 7.19. The summed E-state index contributed by atoms with van der Waals surface area (Å²) < 4.78 is 5.34. The van der Waals surface area contributed by atoms with E-state index in [0.717, 1.165) is 24.2 Å². The topological polar surface area (TPSA) is 61.9 Å². The van der Waals surface area contributed by atoms with Crippen molar-refractivity contribution < 1.29 is 14.3 Å². The Morgan fingerprint density at radius 3 is 2.75 bits per heavy atom. The summed E-state index contributed by atoms with van der Waals surface area (Å²) in [6.45, 7) is 2.56. The molecular weight excluding hydrogens is 330 g/mol. The molecule has 2 aliphatic rings. The number of nitrogens with one attached hydrogen (secondary N) is 1. The monoisotopic (exact) mass is 351 g/mol. The van der Waals surface area contributed by atoms with Gasteiger partial charge in [-0.15, -0.1) is 0 Å². The van der Waals surface area contributed by atoms with E-state index in [4.69, 9.17) is 16.3 Å². The number of halogens is 1. The van der Waals surface area contributed by atoms with Crippen molar-refractivity contribution in [3.8, 4) is 5.75 Å². The highest BCUT2D eigenvalue weighted by Gasteiger charge is 2.56. The van der Waals surface area contributed by atoms with Gasteiger partial charge in [0.1, 0.15) is 11.3 Å². The molecule has 7 heteroatoms. The molecule has 1 aliphatic heterocycles. The minimum atomic E-state index is -0.744. The van der Waals surface area contributed by atoms with Crippen LogP contribution in [-0.2, 0) is 11.3 Å². The molecule has 130 valence electrons. The third kappa shape index (κ3) is 3.08. The van der Waals surface area contributed by atoms with Crippen molar-refractivity contribution in [1.82, 2.24) is 15.1 Å². The largest absolute Gasteiger partial charge is 0.496 e. The molecule has 1 aromatic carbocycles. The SMILES string of the molecule is COc1ccc(Cl)cc1CN(C)CN1C(=O)N[C@](C)(C2CC2)C1=O. The number of imide groups is 1. The van der Waals surface area contributed by atoms with E-state index in [1.807, 2.05) is 31.0 Å². The van der Waals surface area contributed by atoms with Gasteiger partial charge in [-0.05, 0) is 50.9 Å². The Hall–Kier alpha value is -1.79. The second-order valence-electron chi connectivity index (χ2n) is 6.75. The molecule has 1 saturated heterocycles. The lowest BCUT2D eigenvalue weighted by molar-refractivity contribution is -0.132. The van der Waals surface area contributed by atoms with Crippen LogP contribution in [0.4, 0.5) is 4.79 Å². The summed E-state index contributed by atoms with van der Waals surface area (Å²) in [5, 5.41) is 3.48. The van der Waals surface area contributed by atoms with Crippen LogP contribution in [0.25, 0.3) is 0 Å². The van der Waals surface area contributed by atoms with E-state index in [1.54, 1.807) is 13.2 Å². The molecule has 0 spiro atoms. The summed E-state index contributed by atoms with van der Waals surface area (Å²) in [4.78, 5) is 28.1. The maximum absolute atomic E-state index is 12.7. The lowest BCUT2D eigenvalue weighted by Crippen LogP contribution is -2.46. The molecule has 2 fully saturated rings. The van der Waals surface area contributed by atoms with E-state index in [1.165, 1.54) is 4.90 Å². The molecule has 6 nitrogen and oxygen atoms in total. The van der Waals surface area contributed by atoms with E-state index in [2.05, 4.69) is 5.32 Å². The normalized spacial score (nSPS) is 23.8. The van der Waals surface area contributed by atoms with Gasteiger partial charge in [-0.1, -0.05) is 11.6 Å². The Bertz CT molecular complexity index is 677. The van der Waals surface area contributed by atoms with Gasteiger partial charge in [-0.3, -0.25) is 9.69 Å². The number of carbonyl (C=O) groups is 2. The van der Waals surface area contributed by atoms with E-state index in [0.29, 0.717) is 11.6 Å². The molecule has 1 aliphatic carbocycles. The van der Waals surface area contributed by atoms with Crippen molar-refractivity contribution >= 4 is 23.5 Å². The van der Waals surface area contributed by atoms with E-state index < -0.39 is 5.54 Å². The molecule has 0 bridgehead atoms. The average molecular weight is 352 g/mol. The Kier molecular flexibility index (Phi) is 4.44. The standard InChI is InChI=1S/C17H22ClN3O3/c1-17(12-4-5-12)15(22)21(16(23)19-17)10-20(2)9-11-8-13(18)6-7-14(11)24-3/h6-8,12H,4-5,9-10H2,1-3H3,(H,19,23)/t17-/m1/s1. The molecule has 24 heavy (non-hydrogen) atoms. The van der Waals surface area contributed by atoms with Crippen molar-refractivity contribution in [3.63, 3.8) is 0 Å². The minimum absolute atomic E-state index is 0.139. The molecule has 1 heterocycles. The van der Waals surface area contributed by atoms with Crippen LogP contribution < -0.4 is 10.1 Å². The first kappa shape index (κ1) is 17.0. The number of urea groups is 1. The Labute approximate surface area is 146 Å². The molecule has 1 saturated carbocycles. The van der Waals surface area contributed by atoms with Gasteiger partial charge >= 0.3 is 6.03 Å². The Balaban J connectivity index is 1.69. The van der Waals surface area contributed by atoms with Crippen molar-refractivity contribution in [3.05, 3.63) is 28.8 Å². The molecule has 1 N–H and O–H groups in total. The quantitative estimate of drug-likeness (QED) is 0.800. The molecule has 0 radical (unpaired) electrons. The maximum Gasteiger partial charge on any atom is 0.326 e. The van der Waals surface area contributed by atoms with Crippen LogP contribution in [0.15, 0.2) is 18.2 Å². The van der Waals surface area contributed by atoms with Crippen molar-refractivity contribution in [1.29, 1.82) is 0 Å². The van der Waals surface area contributed by atoms with Crippen molar-refractivity contribution in [2.24, 2.45) is 5.92 Å².